The van der Waals surface area contributed by atoms with Gasteiger partial charge in [-0.25, -0.2) is 16.8 Å². The van der Waals surface area contributed by atoms with Crippen molar-refractivity contribution in [1.29, 1.82) is 0 Å². The largest absolute Gasteiger partial charge is 0.400 e. The number of nitrogens with one attached hydrogen (secondary N) is 2. The first-order valence-corrected chi connectivity index (χ1v) is 15.8. The normalized spacial score (nSPS) is 13.4. The number of benzene rings is 4. The van der Waals surface area contributed by atoms with Gasteiger partial charge in [0.25, 0.3) is 20.0 Å². The highest BCUT2D eigenvalue weighted by atomic mass is 32.2. The number of sulfonamides is 2. The molecule has 4 aromatic rings. The van der Waals surface area contributed by atoms with Crippen molar-refractivity contribution in [2.24, 2.45) is 11.5 Å². The van der Waals surface area contributed by atoms with E-state index in [2.05, 4.69) is 9.44 Å². The maximum atomic E-state index is 12.9. The van der Waals surface area contributed by atoms with Gasteiger partial charge >= 0.3 is 0 Å². The summed E-state index contributed by atoms with van der Waals surface area (Å²) < 4.78 is 56.9. The lowest BCUT2D eigenvalue weighted by Gasteiger charge is -2.16. The lowest BCUT2D eigenvalue weighted by atomic mass is 10.1. The maximum Gasteiger partial charge on any atom is 0.261 e. The summed E-state index contributed by atoms with van der Waals surface area (Å²) in [6.45, 7) is 3.72. The second-order valence-electron chi connectivity index (χ2n) is 9.70. The van der Waals surface area contributed by atoms with Crippen molar-refractivity contribution in [3.63, 3.8) is 0 Å². The molecule has 11 heteroatoms. The van der Waals surface area contributed by atoms with Crippen molar-refractivity contribution in [2.75, 3.05) is 9.44 Å². The van der Waals surface area contributed by atoms with Gasteiger partial charge in [-0.3, -0.25) is 9.44 Å². The van der Waals surface area contributed by atoms with E-state index >= 15 is 0 Å². The van der Waals surface area contributed by atoms with Gasteiger partial charge in [-0.05, 0) is 62.4 Å². The second-order valence-corrected chi connectivity index (χ2v) is 13.1. The summed E-state index contributed by atoms with van der Waals surface area (Å²) >= 11 is 0. The highest BCUT2D eigenvalue weighted by molar-refractivity contribution is 7.93. The van der Waals surface area contributed by atoms with E-state index in [9.17, 15) is 21.9 Å². The summed E-state index contributed by atoms with van der Waals surface area (Å²) in [5.74, 6) is 0. The SMILES string of the molecule is Cc1ccc(S(=O)(=O)Nc2ccccc2C=C(N)C(O)C(N)=Cc2ccccc2NS(=O)(=O)c2ccc(C)cc2)cc1. The standard InChI is InChI=1S/C31H32N4O5S2/c1-21-11-15-25(16-12-21)41(37,38)34-29-9-5-3-7-23(29)19-27(32)31(36)28(33)20-24-8-4-6-10-30(24)35-42(39,40)26-17-13-22(2)14-18-26/h3-20,31,34-36H,32-33H2,1-2H3. The average Bonchev–Trinajstić information content (AvgIpc) is 2.95. The molecule has 0 bridgehead atoms. The molecule has 42 heavy (non-hydrogen) atoms. The Balaban J connectivity index is 1.58. The van der Waals surface area contributed by atoms with Crippen molar-refractivity contribution >= 4 is 43.6 Å². The van der Waals surface area contributed by atoms with Gasteiger partial charge in [0.1, 0.15) is 6.10 Å². The molecule has 218 valence electrons. The molecule has 0 saturated heterocycles. The summed E-state index contributed by atoms with van der Waals surface area (Å²) in [4.78, 5) is 0.201. The van der Waals surface area contributed by atoms with Crippen LogP contribution in [-0.2, 0) is 20.0 Å². The Morgan fingerprint density at radius 2 is 0.952 bits per heavy atom. The van der Waals surface area contributed by atoms with Gasteiger partial charge in [-0.2, -0.15) is 0 Å². The number of anilines is 2. The van der Waals surface area contributed by atoms with Crippen molar-refractivity contribution in [2.45, 2.75) is 29.7 Å². The molecule has 4 aromatic carbocycles. The van der Waals surface area contributed by atoms with Crippen LogP contribution in [-0.4, -0.2) is 28.0 Å². The summed E-state index contributed by atoms with van der Waals surface area (Å²) in [5, 5.41) is 10.9. The first-order valence-electron chi connectivity index (χ1n) is 12.8. The lowest BCUT2D eigenvalue weighted by Crippen LogP contribution is -2.24. The Hall–Kier alpha value is -4.58. The topological polar surface area (TPSA) is 165 Å². The van der Waals surface area contributed by atoms with Crippen LogP contribution in [0.5, 0.6) is 0 Å². The molecule has 0 heterocycles. The van der Waals surface area contributed by atoms with Crippen molar-refractivity contribution in [3.8, 4) is 0 Å². The molecule has 0 aliphatic carbocycles. The molecule has 9 nitrogen and oxygen atoms in total. The van der Waals surface area contributed by atoms with E-state index in [-0.39, 0.29) is 32.6 Å². The Bertz CT molecular complexity index is 1710. The van der Waals surface area contributed by atoms with Crippen LogP contribution < -0.4 is 20.9 Å². The minimum atomic E-state index is -3.88. The predicted octanol–water partition coefficient (Wildman–Crippen LogP) is 4.57. The third kappa shape index (κ3) is 7.38. The van der Waals surface area contributed by atoms with Gasteiger partial charge < -0.3 is 16.6 Å². The highest BCUT2D eigenvalue weighted by Gasteiger charge is 2.18. The van der Waals surface area contributed by atoms with Crippen LogP contribution in [0.1, 0.15) is 22.3 Å². The number of nitrogens with two attached hydrogens (primary N) is 2. The molecule has 7 N–H and O–H groups in total. The second kappa shape index (κ2) is 12.5. The molecule has 0 radical (unpaired) electrons. The zero-order valence-corrected chi connectivity index (χ0v) is 24.7. The molecule has 0 fully saturated rings. The van der Waals surface area contributed by atoms with Gasteiger partial charge in [-0.15, -0.1) is 0 Å². The van der Waals surface area contributed by atoms with Gasteiger partial charge in [0.2, 0.25) is 0 Å². The molecule has 0 aliphatic heterocycles. The van der Waals surface area contributed by atoms with E-state index < -0.39 is 26.2 Å². The number of para-hydroxylation sites is 2. The van der Waals surface area contributed by atoms with Gasteiger partial charge in [-0.1, -0.05) is 71.8 Å². The van der Waals surface area contributed by atoms with Gasteiger partial charge in [0, 0.05) is 22.5 Å². The van der Waals surface area contributed by atoms with Gasteiger partial charge in [0.05, 0.1) is 21.2 Å². The number of aryl methyl sites for hydroxylation is 2. The van der Waals surface area contributed by atoms with Crippen LogP contribution in [0.2, 0.25) is 0 Å². The zero-order valence-electron chi connectivity index (χ0n) is 23.0. The molecule has 0 saturated carbocycles. The fraction of sp³-hybridized carbons (Fsp3) is 0.0968. The summed E-state index contributed by atoms with van der Waals surface area (Å²) in [6, 6.07) is 26.0. The number of aliphatic hydroxyl groups is 1. The monoisotopic (exact) mass is 604 g/mol. The zero-order chi connectivity index (χ0) is 30.5. The van der Waals surface area contributed by atoms with Crippen molar-refractivity contribution < 1.29 is 21.9 Å². The smallest absolute Gasteiger partial charge is 0.261 e. The van der Waals surface area contributed by atoms with Crippen LogP contribution in [0.4, 0.5) is 11.4 Å². The van der Waals surface area contributed by atoms with Crippen LogP contribution in [0.15, 0.2) is 118 Å². The molecular formula is C31H32N4O5S2. The quantitative estimate of drug-likeness (QED) is 0.177. The molecule has 0 aliphatic rings. The Kier molecular flexibility index (Phi) is 9.05. The minimum absolute atomic E-state index is 0.0524. The fourth-order valence-corrected chi connectivity index (χ4v) is 6.16. The molecule has 0 aromatic heterocycles. The molecular weight excluding hydrogens is 572 g/mol. The maximum absolute atomic E-state index is 12.9. The molecule has 4 rings (SSSR count). The average molecular weight is 605 g/mol. The van der Waals surface area contributed by atoms with Crippen LogP contribution in [0.25, 0.3) is 12.2 Å². The summed E-state index contributed by atoms with van der Waals surface area (Å²) in [5.41, 5.74) is 15.5. The Labute approximate surface area is 246 Å². The highest BCUT2D eigenvalue weighted by Crippen LogP contribution is 2.25. The third-order valence-corrected chi connectivity index (χ3v) is 9.11. The molecule has 0 amide bonds. The first kappa shape index (κ1) is 30.4. The number of aliphatic hydroxyl groups excluding tert-OH is 1. The minimum Gasteiger partial charge on any atom is -0.400 e. The predicted molar refractivity (Wildman–Crippen MR) is 167 cm³/mol. The van der Waals surface area contributed by atoms with Crippen LogP contribution in [0.3, 0.4) is 0 Å². The lowest BCUT2D eigenvalue weighted by molar-refractivity contribution is 0.245. The molecule has 0 spiro atoms. The van der Waals surface area contributed by atoms with E-state index in [1.807, 2.05) is 13.8 Å². The van der Waals surface area contributed by atoms with E-state index in [0.29, 0.717) is 11.1 Å². The van der Waals surface area contributed by atoms with Crippen molar-refractivity contribution in [3.05, 3.63) is 131 Å². The van der Waals surface area contributed by atoms with E-state index in [1.54, 1.807) is 72.8 Å². The number of rotatable bonds is 10. The first-order chi connectivity index (χ1) is 19.9. The molecule has 0 unspecified atom stereocenters. The molecule has 0 atom stereocenters. The summed E-state index contributed by atoms with van der Waals surface area (Å²) in [6.07, 6.45) is 1.39. The van der Waals surface area contributed by atoms with E-state index in [4.69, 9.17) is 11.5 Å². The van der Waals surface area contributed by atoms with Crippen LogP contribution >= 0.6 is 0 Å². The van der Waals surface area contributed by atoms with Crippen molar-refractivity contribution in [1.82, 2.24) is 0 Å². The third-order valence-electron chi connectivity index (χ3n) is 6.35. The van der Waals surface area contributed by atoms with Gasteiger partial charge in [0.15, 0.2) is 0 Å². The number of hydrogen-bond acceptors (Lipinski definition) is 7. The van der Waals surface area contributed by atoms with E-state index in [1.165, 1.54) is 36.4 Å². The number of hydrogen-bond donors (Lipinski definition) is 5. The van der Waals surface area contributed by atoms with Crippen LogP contribution in [0, 0.1) is 13.8 Å². The van der Waals surface area contributed by atoms with E-state index in [0.717, 1.165) is 11.1 Å². The summed E-state index contributed by atoms with van der Waals surface area (Å²) in [7, 11) is -7.76. The fourth-order valence-electron chi connectivity index (χ4n) is 3.98. The Morgan fingerprint density at radius 1 is 0.619 bits per heavy atom. The Morgan fingerprint density at radius 3 is 1.31 bits per heavy atom.